The molecular weight excluding hydrogens is 500 g/mol. The van der Waals surface area contributed by atoms with E-state index in [1.807, 2.05) is 12.1 Å². The van der Waals surface area contributed by atoms with Crippen LogP contribution in [0.3, 0.4) is 0 Å². The van der Waals surface area contributed by atoms with Gasteiger partial charge in [0.25, 0.3) is 0 Å². The number of benzene rings is 1. The van der Waals surface area contributed by atoms with Crippen molar-refractivity contribution in [2.24, 2.45) is 10.9 Å². The minimum absolute atomic E-state index is 0.0875. The summed E-state index contributed by atoms with van der Waals surface area (Å²) in [5, 5.41) is 11.9. The normalized spacial score (nSPS) is 12.6. The molecule has 6 nitrogen and oxygen atoms in total. The maximum Gasteiger partial charge on any atom is 0.170 e. The number of ether oxygens (including phenoxy) is 3. The second kappa shape index (κ2) is 27.4. The lowest BCUT2D eigenvalue weighted by molar-refractivity contribution is -0.0389. The summed E-state index contributed by atoms with van der Waals surface area (Å²) in [6.07, 6.45) is 26.3. The quantitative estimate of drug-likeness (QED) is 0.0334. The van der Waals surface area contributed by atoms with Crippen molar-refractivity contribution in [2.75, 3.05) is 26.4 Å². The molecule has 0 aliphatic rings. The fourth-order valence-electron chi connectivity index (χ4n) is 4.86. The van der Waals surface area contributed by atoms with Crippen LogP contribution < -0.4 is 10.5 Å². The lowest BCUT2D eigenvalue weighted by atomic mass is 10.1. The number of rotatable bonds is 29. The predicted molar refractivity (Wildman–Crippen MR) is 169 cm³/mol. The largest absolute Gasteiger partial charge is 0.491 e. The molecule has 6 heteroatoms. The van der Waals surface area contributed by atoms with Crippen LogP contribution in [0.4, 0.5) is 0 Å². The number of nitrogens with two attached hydrogens (primary N) is 1. The van der Waals surface area contributed by atoms with Gasteiger partial charge in [-0.15, -0.1) is 0 Å². The highest BCUT2D eigenvalue weighted by atomic mass is 16.6. The topological polar surface area (TPSA) is 86.3 Å². The van der Waals surface area contributed by atoms with Crippen molar-refractivity contribution in [2.45, 2.75) is 148 Å². The maximum atomic E-state index is 8.85. The lowest BCUT2D eigenvalue weighted by Gasteiger charge is -2.19. The zero-order valence-electron chi connectivity index (χ0n) is 26.1. The molecule has 1 unspecified atom stereocenters. The van der Waals surface area contributed by atoms with Crippen molar-refractivity contribution >= 4 is 5.84 Å². The first kappa shape index (κ1) is 36.2. The van der Waals surface area contributed by atoms with Crippen molar-refractivity contribution in [3.05, 3.63) is 29.8 Å². The molecule has 0 aliphatic heterocycles. The Morgan fingerprint density at radius 1 is 0.650 bits per heavy atom. The molecule has 0 saturated heterocycles. The summed E-state index contributed by atoms with van der Waals surface area (Å²) in [6.45, 7) is 7.06. The van der Waals surface area contributed by atoms with Crippen LogP contribution in [-0.2, 0) is 9.47 Å². The van der Waals surface area contributed by atoms with Crippen molar-refractivity contribution in [3.8, 4) is 5.75 Å². The SMILES string of the molecule is CCCCCCCCCCCCCCOC(COCCCCCCCCCC)COc1ccc(/C(N)=N/O)cc1. The zero-order chi connectivity index (χ0) is 28.9. The summed E-state index contributed by atoms with van der Waals surface area (Å²) in [6, 6.07) is 7.23. The van der Waals surface area contributed by atoms with E-state index in [4.69, 9.17) is 25.2 Å². The standard InChI is InChI=1S/C34H62N2O4/c1-3-5-7-9-11-13-14-15-16-18-20-22-28-39-33(29-38-27-21-19-17-12-10-8-6-4-2)30-40-32-25-23-31(24-26-32)34(35)36-37/h23-26,33,37H,3-22,27-30H2,1-2H3,(H2,35,36). The summed E-state index contributed by atoms with van der Waals surface area (Å²) in [5.74, 6) is 0.820. The number of oxime groups is 1. The van der Waals surface area contributed by atoms with E-state index in [1.54, 1.807) is 12.1 Å². The van der Waals surface area contributed by atoms with Gasteiger partial charge in [0.2, 0.25) is 0 Å². The molecule has 0 saturated carbocycles. The summed E-state index contributed by atoms with van der Waals surface area (Å²) in [5.41, 5.74) is 6.31. The second-order valence-corrected chi connectivity index (χ2v) is 11.3. The van der Waals surface area contributed by atoms with E-state index in [1.165, 1.54) is 116 Å². The first-order valence-corrected chi connectivity index (χ1v) is 16.6. The number of unbranched alkanes of at least 4 members (excludes halogenated alkanes) is 18. The number of nitrogens with zero attached hydrogens (tertiary/aromatic N) is 1. The van der Waals surface area contributed by atoms with E-state index >= 15 is 0 Å². The van der Waals surface area contributed by atoms with Crippen molar-refractivity contribution in [1.29, 1.82) is 0 Å². The Hall–Kier alpha value is -1.79. The summed E-state index contributed by atoms with van der Waals surface area (Å²) in [7, 11) is 0. The van der Waals surface area contributed by atoms with E-state index in [-0.39, 0.29) is 11.9 Å². The van der Waals surface area contributed by atoms with E-state index in [2.05, 4.69) is 19.0 Å². The molecule has 40 heavy (non-hydrogen) atoms. The third kappa shape index (κ3) is 21.0. The highest BCUT2D eigenvalue weighted by Crippen LogP contribution is 2.15. The third-order valence-electron chi connectivity index (χ3n) is 7.49. The zero-order valence-corrected chi connectivity index (χ0v) is 26.1. The Morgan fingerprint density at radius 2 is 1.10 bits per heavy atom. The van der Waals surface area contributed by atoms with Crippen LogP contribution in [0, 0.1) is 0 Å². The number of hydrogen-bond donors (Lipinski definition) is 2. The first-order chi connectivity index (χ1) is 19.7. The van der Waals surface area contributed by atoms with Crippen molar-refractivity contribution in [1.82, 2.24) is 0 Å². The van der Waals surface area contributed by atoms with E-state index < -0.39 is 0 Å². The Labute approximate surface area is 246 Å². The molecule has 232 valence electrons. The van der Waals surface area contributed by atoms with Crippen LogP contribution in [0.15, 0.2) is 29.4 Å². The van der Waals surface area contributed by atoms with Crippen LogP contribution in [-0.4, -0.2) is 43.6 Å². The minimum atomic E-state index is -0.0921. The lowest BCUT2D eigenvalue weighted by Crippen LogP contribution is -2.28. The predicted octanol–water partition coefficient (Wildman–Crippen LogP) is 9.40. The van der Waals surface area contributed by atoms with Crippen molar-refractivity contribution in [3.63, 3.8) is 0 Å². The van der Waals surface area contributed by atoms with Crippen LogP contribution >= 0.6 is 0 Å². The molecule has 1 rings (SSSR count). The number of amidine groups is 1. The van der Waals surface area contributed by atoms with E-state index in [0.29, 0.717) is 18.8 Å². The summed E-state index contributed by atoms with van der Waals surface area (Å²) in [4.78, 5) is 0. The smallest absolute Gasteiger partial charge is 0.170 e. The van der Waals surface area contributed by atoms with Gasteiger partial charge in [0.1, 0.15) is 18.5 Å². The first-order valence-electron chi connectivity index (χ1n) is 16.6. The van der Waals surface area contributed by atoms with Gasteiger partial charge in [-0.05, 0) is 37.1 Å². The Kier molecular flexibility index (Phi) is 24.8. The van der Waals surface area contributed by atoms with Crippen LogP contribution in [0.25, 0.3) is 0 Å². The van der Waals surface area contributed by atoms with Gasteiger partial charge in [-0.2, -0.15) is 0 Å². The van der Waals surface area contributed by atoms with Crippen LogP contribution in [0.5, 0.6) is 5.75 Å². The summed E-state index contributed by atoms with van der Waals surface area (Å²) < 4.78 is 18.2. The van der Waals surface area contributed by atoms with Gasteiger partial charge in [0.05, 0.1) is 6.61 Å². The van der Waals surface area contributed by atoms with Crippen LogP contribution in [0.2, 0.25) is 0 Å². The van der Waals surface area contributed by atoms with Gasteiger partial charge < -0.3 is 25.2 Å². The Bertz CT molecular complexity index is 696. The van der Waals surface area contributed by atoms with E-state index in [9.17, 15) is 0 Å². The molecule has 0 aliphatic carbocycles. The molecule has 1 aromatic carbocycles. The number of hydrogen-bond acceptors (Lipinski definition) is 5. The molecule has 0 bridgehead atoms. The van der Waals surface area contributed by atoms with Crippen molar-refractivity contribution < 1.29 is 19.4 Å². The molecule has 1 aromatic rings. The van der Waals surface area contributed by atoms with Gasteiger partial charge in [-0.3, -0.25) is 0 Å². The molecule has 0 aromatic heterocycles. The molecule has 0 spiro atoms. The fraction of sp³-hybridized carbons (Fsp3) is 0.794. The van der Waals surface area contributed by atoms with Gasteiger partial charge in [-0.1, -0.05) is 135 Å². The molecule has 3 N–H and O–H groups in total. The third-order valence-corrected chi connectivity index (χ3v) is 7.49. The Balaban J connectivity index is 2.25. The molecule has 1 atom stereocenters. The molecule has 0 amide bonds. The monoisotopic (exact) mass is 562 g/mol. The second-order valence-electron chi connectivity index (χ2n) is 11.3. The molecule has 0 heterocycles. The van der Waals surface area contributed by atoms with E-state index in [0.717, 1.165) is 31.8 Å². The minimum Gasteiger partial charge on any atom is -0.491 e. The molecular formula is C34H62N2O4. The maximum absolute atomic E-state index is 8.85. The highest BCUT2D eigenvalue weighted by molar-refractivity contribution is 5.97. The molecule has 0 fully saturated rings. The summed E-state index contributed by atoms with van der Waals surface area (Å²) >= 11 is 0. The van der Waals surface area contributed by atoms with Gasteiger partial charge in [0, 0.05) is 18.8 Å². The molecule has 0 radical (unpaired) electrons. The van der Waals surface area contributed by atoms with Gasteiger partial charge in [0.15, 0.2) is 5.84 Å². The van der Waals surface area contributed by atoms with Gasteiger partial charge >= 0.3 is 0 Å². The van der Waals surface area contributed by atoms with Gasteiger partial charge in [-0.25, -0.2) is 0 Å². The fourth-order valence-corrected chi connectivity index (χ4v) is 4.86. The highest BCUT2D eigenvalue weighted by Gasteiger charge is 2.11. The Morgan fingerprint density at radius 3 is 1.57 bits per heavy atom. The average molecular weight is 563 g/mol. The average Bonchev–Trinajstić information content (AvgIpc) is 2.98. The van der Waals surface area contributed by atoms with Crippen LogP contribution in [0.1, 0.15) is 148 Å².